The SMILES string of the molecule is CCOc1cc(/C=C2\C(=O)NC(=O)N(c3ccccc3C)C2=O)cc(Cl)c1OCc1cccc(C)c1. The molecule has 1 saturated heterocycles. The van der Waals surface area contributed by atoms with Gasteiger partial charge in [-0.25, -0.2) is 9.69 Å². The van der Waals surface area contributed by atoms with Crippen molar-refractivity contribution >= 4 is 41.2 Å². The first-order valence-corrected chi connectivity index (χ1v) is 11.8. The lowest BCUT2D eigenvalue weighted by Gasteiger charge is -2.27. The van der Waals surface area contributed by atoms with Crippen LogP contribution in [0.1, 0.15) is 29.2 Å². The summed E-state index contributed by atoms with van der Waals surface area (Å²) >= 11 is 6.54. The summed E-state index contributed by atoms with van der Waals surface area (Å²) in [5, 5.41) is 2.49. The van der Waals surface area contributed by atoms with Crippen LogP contribution >= 0.6 is 11.6 Å². The second kappa shape index (κ2) is 10.7. The molecule has 0 bridgehead atoms. The Morgan fingerprint density at radius 1 is 0.972 bits per heavy atom. The van der Waals surface area contributed by atoms with E-state index in [-0.39, 0.29) is 17.2 Å². The van der Waals surface area contributed by atoms with Crippen LogP contribution in [-0.2, 0) is 16.2 Å². The molecule has 184 valence electrons. The van der Waals surface area contributed by atoms with Crippen molar-refractivity contribution < 1.29 is 23.9 Å². The van der Waals surface area contributed by atoms with Crippen molar-refractivity contribution in [2.45, 2.75) is 27.4 Å². The molecule has 0 spiro atoms. The number of urea groups is 1. The third-order valence-corrected chi connectivity index (χ3v) is 5.85. The summed E-state index contributed by atoms with van der Waals surface area (Å²) < 4.78 is 11.7. The van der Waals surface area contributed by atoms with Crippen molar-refractivity contribution in [1.29, 1.82) is 0 Å². The smallest absolute Gasteiger partial charge is 0.335 e. The number of anilines is 1. The number of ether oxygens (including phenoxy) is 2. The number of aryl methyl sites for hydroxylation is 2. The standard InChI is InChI=1S/C28H25ClN2O5/c1-4-35-24-15-20(14-22(29)25(24)36-16-19-10-7-8-17(2)12-19)13-21-26(32)30-28(34)31(27(21)33)23-11-6-5-9-18(23)3/h5-15H,4,16H2,1-3H3,(H,30,32,34)/b21-13+. The van der Waals surface area contributed by atoms with Crippen molar-refractivity contribution in [2.24, 2.45) is 0 Å². The minimum absolute atomic E-state index is 0.204. The zero-order chi connectivity index (χ0) is 25.8. The molecule has 0 aliphatic carbocycles. The summed E-state index contributed by atoms with van der Waals surface area (Å²) in [5.41, 5.74) is 3.44. The van der Waals surface area contributed by atoms with E-state index >= 15 is 0 Å². The van der Waals surface area contributed by atoms with Gasteiger partial charge < -0.3 is 9.47 Å². The van der Waals surface area contributed by atoms with Gasteiger partial charge in [-0.05, 0) is 61.7 Å². The van der Waals surface area contributed by atoms with Gasteiger partial charge in [0.05, 0.1) is 17.3 Å². The van der Waals surface area contributed by atoms with Crippen LogP contribution in [-0.4, -0.2) is 24.5 Å². The Balaban J connectivity index is 1.67. The van der Waals surface area contributed by atoms with Gasteiger partial charge in [0.25, 0.3) is 11.8 Å². The second-order valence-electron chi connectivity index (χ2n) is 8.29. The molecule has 1 fully saturated rings. The van der Waals surface area contributed by atoms with E-state index in [0.717, 1.165) is 16.0 Å². The largest absolute Gasteiger partial charge is 0.490 e. The molecule has 8 heteroatoms. The normalized spacial score (nSPS) is 14.7. The minimum atomic E-state index is -0.801. The minimum Gasteiger partial charge on any atom is -0.490 e. The predicted octanol–water partition coefficient (Wildman–Crippen LogP) is 5.60. The van der Waals surface area contributed by atoms with Crippen LogP contribution in [0.5, 0.6) is 11.5 Å². The third-order valence-electron chi connectivity index (χ3n) is 5.57. The number of hydrogen-bond donors (Lipinski definition) is 1. The molecule has 1 aliphatic heterocycles. The van der Waals surface area contributed by atoms with Crippen LogP contribution in [0.15, 0.2) is 66.2 Å². The Morgan fingerprint density at radius 3 is 2.47 bits per heavy atom. The first-order valence-electron chi connectivity index (χ1n) is 11.4. The van der Waals surface area contributed by atoms with Crippen molar-refractivity contribution in [3.05, 3.63) is 93.5 Å². The van der Waals surface area contributed by atoms with E-state index in [1.807, 2.05) is 38.1 Å². The molecule has 3 aromatic rings. The molecule has 4 rings (SSSR count). The Bertz CT molecular complexity index is 1380. The zero-order valence-corrected chi connectivity index (χ0v) is 20.9. The Morgan fingerprint density at radius 2 is 1.75 bits per heavy atom. The maximum absolute atomic E-state index is 13.2. The van der Waals surface area contributed by atoms with E-state index in [0.29, 0.717) is 34.9 Å². The van der Waals surface area contributed by atoms with Gasteiger partial charge in [0.1, 0.15) is 12.2 Å². The summed E-state index contributed by atoms with van der Waals surface area (Å²) in [6.45, 7) is 6.25. The van der Waals surface area contributed by atoms with Gasteiger partial charge >= 0.3 is 6.03 Å². The molecule has 36 heavy (non-hydrogen) atoms. The lowest BCUT2D eigenvalue weighted by molar-refractivity contribution is -0.122. The molecule has 0 aromatic heterocycles. The molecule has 7 nitrogen and oxygen atoms in total. The number of amides is 4. The quantitative estimate of drug-likeness (QED) is 0.334. The van der Waals surface area contributed by atoms with Crippen LogP contribution < -0.4 is 19.7 Å². The number of imide groups is 2. The molecule has 1 heterocycles. The van der Waals surface area contributed by atoms with Crippen LogP contribution in [0.3, 0.4) is 0 Å². The third kappa shape index (κ3) is 5.26. The van der Waals surface area contributed by atoms with Crippen LogP contribution in [0.4, 0.5) is 10.5 Å². The number of nitrogens with zero attached hydrogens (tertiary/aromatic N) is 1. The van der Waals surface area contributed by atoms with Gasteiger partial charge in [-0.1, -0.05) is 59.6 Å². The van der Waals surface area contributed by atoms with Crippen molar-refractivity contribution in [3.8, 4) is 11.5 Å². The molecular weight excluding hydrogens is 480 g/mol. The molecule has 3 aromatic carbocycles. The highest BCUT2D eigenvalue weighted by Gasteiger charge is 2.37. The number of benzene rings is 3. The summed E-state index contributed by atoms with van der Waals surface area (Å²) in [6.07, 6.45) is 1.38. The number of carbonyl (C=O) groups is 3. The number of hydrogen-bond acceptors (Lipinski definition) is 5. The van der Waals surface area contributed by atoms with Crippen LogP contribution in [0, 0.1) is 13.8 Å². The number of nitrogens with one attached hydrogen (secondary N) is 1. The van der Waals surface area contributed by atoms with E-state index in [9.17, 15) is 14.4 Å². The van der Waals surface area contributed by atoms with Gasteiger partial charge in [0.2, 0.25) is 0 Å². The summed E-state index contributed by atoms with van der Waals surface area (Å²) in [6, 6.07) is 17.3. The first kappa shape index (κ1) is 25.0. The molecule has 0 atom stereocenters. The van der Waals surface area contributed by atoms with Crippen molar-refractivity contribution in [2.75, 3.05) is 11.5 Å². The predicted molar refractivity (Wildman–Crippen MR) is 138 cm³/mol. The monoisotopic (exact) mass is 504 g/mol. The average molecular weight is 505 g/mol. The Hall–Kier alpha value is -4.10. The molecular formula is C28H25ClN2O5. The summed E-state index contributed by atoms with van der Waals surface area (Å²) in [7, 11) is 0. The van der Waals surface area contributed by atoms with E-state index in [2.05, 4.69) is 5.32 Å². The highest BCUT2D eigenvalue weighted by Crippen LogP contribution is 2.38. The van der Waals surface area contributed by atoms with Gasteiger partial charge in [-0.15, -0.1) is 0 Å². The number of carbonyl (C=O) groups excluding carboxylic acids is 3. The number of halogens is 1. The van der Waals surface area contributed by atoms with E-state index in [4.69, 9.17) is 21.1 Å². The molecule has 4 amide bonds. The van der Waals surface area contributed by atoms with E-state index in [1.54, 1.807) is 43.3 Å². The van der Waals surface area contributed by atoms with Gasteiger partial charge in [0.15, 0.2) is 11.5 Å². The Kier molecular flexibility index (Phi) is 7.41. The highest BCUT2D eigenvalue weighted by atomic mass is 35.5. The van der Waals surface area contributed by atoms with Gasteiger partial charge in [-0.2, -0.15) is 0 Å². The molecule has 0 saturated carbocycles. The van der Waals surface area contributed by atoms with Gasteiger partial charge in [-0.3, -0.25) is 14.9 Å². The average Bonchev–Trinajstić information content (AvgIpc) is 2.82. The molecule has 0 unspecified atom stereocenters. The second-order valence-corrected chi connectivity index (χ2v) is 8.69. The fraction of sp³-hybridized carbons (Fsp3) is 0.179. The topological polar surface area (TPSA) is 84.9 Å². The van der Waals surface area contributed by atoms with Crippen LogP contribution in [0.2, 0.25) is 5.02 Å². The van der Waals surface area contributed by atoms with Gasteiger partial charge in [0, 0.05) is 0 Å². The maximum Gasteiger partial charge on any atom is 0.335 e. The molecule has 1 aliphatic rings. The fourth-order valence-electron chi connectivity index (χ4n) is 3.89. The summed E-state index contributed by atoms with van der Waals surface area (Å²) in [5.74, 6) is -0.783. The van der Waals surface area contributed by atoms with Crippen molar-refractivity contribution in [1.82, 2.24) is 5.32 Å². The van der Waals surface area contributed by atoms with Crippen LogP contribution in [0.25, 0.3) is 6.08 Å². The summed E-state index contributed by atoms with van der Waals surface area (Å²) in [4.78, 5) is 39.3. The van der Waals surface area contributed by atoms with Crippen molar-refractivity contribution in [3.63, 3.8) is 0 Å². The lowest BCUT2D eigenvalue weighted by atomic mass is 10.1. The molecule has 1 N–H and O–H groups in total. The van der Waals surface area contributed by atoms with E-state index in [1.165, 1.54) is 6.08 Å². The Labute approximate surface area is 214 Å². The zero-order valence-electron chi connectivity index (χ0n) is 20.1. The maximum atomic E-state index is 13.2. The lowest BCUT2D eigenvalue weighted by Crippen LogP contribution is -2.54. The number of para-hydroxylation sites is 1. The highest BCUT2D eigenvalue weighted by molar-refractivity contribution is 6.39. The number of rotatable bonds is 7. The molecule has 0 radical (unpaired) electrons. The first-order chi connectivity index (χ1) is 17.3. The van der Waals surface area contributed by atoms with E-state index < -0.39 is 17.8 Å². The fourth-order valence-corrected chi connectivity index (χ4v) is 4.16. The number of barbiturate groups is 1.